The van der Waals surface area contributed by atoms with Crippen LogP contribution in [-0.2, 0) is 176 Å². The number of carbonyl (C=O) groups is 14. The highest BCUT2D eigenvalue weighted by molar-refractivity contribution is 8.00. The molecule has 0 aliphatic carbocycles. The van der Waals surface area contributed by atoms with Crippen LogP contribution in [0, 0.1) is 5.41 Å². The molecule has 4 aliphatic rings. The van der Waals surface area contributed by atoms with Gasteiger partial charge in [0.2, 0.25) is 0 Å². The van der Waals surface area contributed by atoms with Crippen LogP contribution < -0.4 is 0 Å². The van der Waals surface area contributed by atoms with Crippen molar-refractivity contribution in [2.24, 2.45) is 5.41 Å². The predicted octanol–water partition coefficient (Wildman–Crippen LogP) is 0.687. The van der Waals surface area contributed by atoms with Gasteiger partial charge in [0, 0.05) is 110 Å². The van der Waals surface area contributed by atoms with Crippen LogP contribution in [0.1, 0.15) is 110 Å². The second kappa shape index (κ2) is 45.4. The van der Waals surface area contributed by atoms with Crippen LogP contribution in [0.3, 0.4) is 0 Å². The molecule has 600 valence electrons. The Balaban J connectivity index is 1.55. The molecule has 20 atom stereocenters. The van der Waals surface area contributed by atoms with Crippen LogP contribution >= 0.6 is 23.5 Å². The fraction of sp³-hybridized carbons (Fsp3) is 0.758. The van der Waals surface area contributed by atoms with E-state index < -0.39 is 243 Å². The van der Waals surface area contributed by atoms with Crippen molar-refractivity contribution < 1.29 is 181 Å². The van der Waals surface area contributed by atoms with Crippen LogP contribution in [0.2, 0.25) is 0 Å². The van der Waals surface area contributed by atoms with Gasteiger partial charge >= 0.3 is 83.6 Å². The van der Waals surface area contributed by atoms with Crippen LogP contribution in [0.15, 0.2) is 12.7 Å². The molecule has 0 saturated carbocycles. The van der Waals surface area contributed by atoms with Gasteiger partial charge in [-0.2, -0.15) is 0 Å². The monoisotopic (exact) mass is 1560 g/mol. The van der Waals surface area contributed by atoms with Gasteiger partial charge in [-0.25, -0.2) is 0 Å². The van der Waals surface area contributed by atoms with Crippen LogP contribution in [0.25, 0.3) is 0 Å². The highest BCUT2D eigenvalue weighted by Gasteiger charge is 2.60. The zero-order valence-corrected chi connectivity index (χ0v) is 62.9. The summed E-state index contributed by atoms with van der Waals surface area (Å²) in [4.78, 5) is 176. The number of hydrogen-bond donors (Lipinski definition) is 1. The number of esters is 14. The molecule has 40 heteroatoms. The van der Waals surface area contributed by atoms with Crippen molar-refractivity contribution in [3.8, 4) is 0 Å². The van der Waals surface area contributed by atoms with E-state index in [-0.39, 0.29) is 64.0 Å². The second-order valence-corrected chi connectivity index (χ2v) is 26.8. The molecule has 4 fully saturated rings. The van der Waals surface area contributed by atoms with Crippen molar-refractivity contribution in [2.75, 3.05) is 84.2 Å². The van der Waals surface area contributed by atoms with E-state index in [1.165, 1.54) is 6.08 Å². The first kappa shape index (κ1) is 91.0. The highest BCUT2D eigenvalue weighted by Crippen LogP contribution is 2.41. The first-order valence-corrected chi connectivity index (χ1v) is 35.4. The molecular weight excluding hydrogens is 1460 g/mol. The summed E-state index contributed by atoms with van der Waals surface area (Å²) in [7, 11) is 0. The van der Waals surface area contributed by atoms with E-state index in [1.54, 1.807) is 0 Å². The molecule has 0 aromatic heterocycles. The molecule has 0 spiro atoms. The second-order valence-electron chi connectivity index (χ2n) is 24.3. The topological polar surface area (TPSA) is 472 Å². The molecule has 0 radical (unpaired) electrons. The lowest BCUT2D eigenvalue weighted by atomic mass is 9.92. The molecule has 38 nitrogen and oxygen atoms in total. The Morgan fingerprint density at radius 2 is 0.594 bits per heavy atom. The largest absolute Gasteiger partial charge is 0.463 e. The third-order valence-electron chi connectivity index (χ3n) is 15.0. The maximum Gasteiger partial charge on any atom is 0.303 e. The zero-order valence-electron chi connectivity index (χ0n) is 61.3. The Kier molecular flexibility index (Phi) is 39.0. The Labute approximate surface area is 619 Å². The fourth-order valence-electron chi connectivity index (χ4n) is 11.1. The molecule has 0 aromatic rings. The van der Waals surface area contributed by atoms with Crippen LogP contribution in [-0.4, -0.2) is 294 Å². The number of aliphatic hydroxyl groups excluding tert-OH is 1. The molecule has 0 unspecified atom stereocenters. The maximum absolute atomic E-state index is 13.0. The van der Waals surface area contributed by atoms with Crippen molar-refractivity contribution in [2.45, 2.75) is 231 Å². The minimum Gasteiger partial charge on any atom is -0.463 e. The molecule has 0 amide bonds. The summed E-state index contributed by atoms with van der Waals surface area (Å²) in [5.41, 5.74) is -3.65. The summed E-state index contributed by atoms with van der Waals surface area (Å²) in [6.07, 6.45) is -27.5. The van der Waals surface area contributed by atoms with Crippen LogP contribution in [0.5, 0.6) is 0 Å². The van der Waals surface area contributed by atoms with E-state index in [0.29, 0.717) is 0 Å². The minimum absolute atomic E-state index is 0.0165. The normalized spacial score (nSPS) is 28.4. The van der Waals surface area contributed by atoms with Crippen molar-refractivity contribution in [3.05, 3.63) is 12.7 Å². The van der Waals surface area contributed by atoms with Crippen LogP contribution in [0.4, 0.5) is 0 Å². The lowest BCUT2D eigenvalue weighted by Crippen LogP contribution is -2.66. The summed E-state index contributed by atoms with van der Waals surface area (Å²) < 4.78 is 134. The van der Waals surface area contributed by atoms with Gasteiger partial charge in [0.25, 0.3) is 0 Å². The summed E-state index contributed by atoms with van der Waals surface area (Å²) in [5.74, 6) is -12.1. The predicted molar refractivity (Wildman–Crippen MR) is 353 cm³/mol. The van der Waals surface area contributed by atoms with E-state index >= 15 is 0 Å². The molecule has 4 heterocycles. The van der Waals surface area contributed by atoms with Gasteiger partial charge in [-0.1, -0.05) is 6.08 Å². The Morgan fingerprint density at radius 3 is 0.868 bits per heavy atom. The fourth-order valence-corrected chi connectivity index (χ4v) is 13.4. The third kappa shape index (κ3) is 30.7. The first-order chi connectivity index (χ1) is 50.0. The number of aliphatic hydroxyl groups is 1. The Morgan fingerprint density at radius 1 is 0.340 bits per heavy atom. The summed E-state index contributed by atoms with van der Waals surface area (Å²) in [5, 5.41) is 10.9. The van der Waals surface area contributed by atoms with E-state index in [2.05, 4.69) is 6.58 Å². The van der Waals surface area contributed by atoms with Gasteiger partial charge in [-0.3, -0.25) is 67.1 Å². The first-order valence-electron chi connectivity index (χ1n) is 33.3. The quantitative estimate of drug-likeness (QED) is 0.0381. The number of hydrogen-bond acceptors (Lipinski definition) is 40. The average molecular weight is 1560 g/mol. The molecular formula is C66H96O38S2. The molecule has 0 aromatic carbocycles. The van der Waals surface area contributed by atoms with Gasteiger partial charge in [0.05, 0.1) is 38.4 Å². The SMILES string of the molecule is C=CCOCC(CO)(COCCCS[C@@H]1O[C@H](COC(C)=O)[C@@H](O[C@@H]2O[C@H](COC(C)=O)[C@H](OC(C)=O)[C@H](OC(C)=O)[C@H]2OC(C)=O)[C@H](OC(C)=O)[C@H]1OC(C)=O)COCCCS[C@@H]1O[C@H](COC(C)=O)[C@@H](O[C@@H]2O[C@H](COC(C)=O)[C@H](OC(C)=O)[C@H](OC(C)=O)[C@H]2OC(C)=O)[C@H](OC(C)=O)[C@H]1OC(C)=O. The molecule has 106 heavy (non-hydrogen) atoms. The molecule has 0 bridgehead atoms. The number of ether oxygens (including phenoxy) is 23. The smallest absolute Gasteiger partial charge is 0.303 e. The van der Waals surface area contributed by atoms with Gasteiger partial charge in [-0.05, 0) is 24.3 Å². The summed E-state index contributed by atoms with van der Waals surface area (Å²) in [6.45, 7) is 15.0. The molecule has 4 saturated heterocycles. The molecule has 1 N–H and O–H groups in total. The van der Waals surface area contributed by atoms with E-state index in [9.17, 15) is 72.2 Å². The zero-order chi connectivity index (χ0) is 79.1. The lowest BCUT2D eigenvalue weighted by molar-refractivity contribution is -0.341. The Hall–Kier alpha value is -7.38. The van der Waals surface area contributed by atoms with Gasteiger partial charge in [0.15, 0.2) is 73.6 Å². The lowest BCUT2D eigenvalue weighted by Gasteiger charge is -2.48. The summed E-state index contributed by atoms with van der Waals surface area (Å²) >= 11 is 2.12. The van der Waals surface area contributed by atoms with Gasteiger partial charge in [0.1, 0.15) is 73.9 Å². The van der Waals surface area contributed by atoms with Gasteiger partial charge in [-0.15, -0.1) is 30.1 Å². The van der Waals surface area contributed by atoms with E-state index in [4.69, 9.17) is 109 Å². The minimum atomic E-state index is -1.89. The number of thioether (sulfide) groups is 2. The van der Waals surface area contributed by atoms with Gasteiger partial charge < -0.3 is 114 Å². The van der Waals surface area contributed by atoms with Crippen molar-refractivity contribution in [1.29, 1.82) is 0 Å². The molecule has 4 rings (SSSR count). The van der Waals surface area contributed by atoms with E-state index in [0.717, 1.165) is 120 Å². The average Bonchev–Trinajstić information content (AvgIpc) is 0.773. The highest BCUT2D eigenvalue weighted by atomic mass is 32.2. The molecule has 4 aliphatic heterocycles. The van der Waals surface area contributed by atoms with Crippen molar-refractivity contribution in [1.82, 2.24) is 0 Å². The third-order valence-corrected chi connectivity index (χ3v) is 17.5. The maximum atomic E-state index is 13.0. The van der Waals surface area contributed by atoms with Crippen molar-refractivity contribution in [3.63, 3.8) is 0 Å². The number of carbonyl (C=O) groups excluding carboxylic acids is 14. The van der Waals surface area contributed by atoms with Crippen molar-refractivity contribution >= 4 is 107 Å². The Bertz CT molecular complexity index is 2800. The van der Waals surface area contributed by atoms with E-state index in [1.807, 2.05) is 0 Å². The summed E-state index contributed by atoms with van der Waals surface area (Å²) in [6, 6.07) is 0. The number of rotatable bonds is 41. The standard InChI is InChI=1S/C66H96O38S2/c1-16-19-82-29-66(28-67,30-83-20-17-22-105-64-60(97-44(14)80)56(93-40(10)76)52(48(101-64)26-87-34(4)70)103-62-58(95-42(12)78)54(91-38(8)74)50(89-36(6)72)46(99-62)24-85-32(2)68)31-84-21-18-23-106-65-61(98-45(15)81)57(94-41(11)77)53(49(102-65)27-88-35(5)71)104-63-59(96-43(13)79)55(92-39(9)75)51(90-37(7)73)47(100-63)25-86-33(3)69/h16,46-65,67H,1,17-31H2,2-15H3/t46-,47-,48-,49-,50+,51+,52-,53-,54+,55+,56+,57+,58-,59-,60-,61-,62+,63+,64+,65+/m1/s1.